The monoisotopic (exact) mass is 399 g/mol. The maximum Gasteiger partial charge on any atom is 0.346 e. The Balaban J connectivity index is 1.94. The summed E-state index contributed by atoms with van der Waals surface area (Å²) in [5.41, 5.74) is 2.44. The molecule has 27 heavy (non-hydrogen) atoms. The lowest BCUT2D eigenvalue weighted by atomic mass is 9.88. The van der Waals surface area contributed by atoms with Crippen LogP contribution in [0.25, 0.3) is 11.1 Å². The van der Waals surface area contributed by atoms with Crippen molar-refractivity contribution in [2.75, 3.05) is 5.32 Å². The molecular weight excluding hydrogens is 386 g/mol. The van der Waals surface area contributed by atoms with Crippen molar-refractivity contribution in [2.45, 2.75) is 12.3 Å². The highest BCUT2D eigenvalue weighted by Crippen LogP contribution is 2.49. The van der Waals surface area contributed by atoms with Crippen molar-refractivity contribution < 1.29 is 19.8 Å². The molecule has 0 fully saturated rings. The van der Waals surface area contributed by atoms with Crippen LogP contribution < -0.4 is 5.32 Å². The highest BCUT2D eigenvalue weighted by atomic mass is 35.5. The molecule has 1 amide bonds. The van der Waals surface area contributed by atoms with Crippen LogP contribution in [0.2, 0.25) is 5.02 Å². The number of phenolic OH excluding ortho intramolecular Hbond substituents is 1. The smallest absolute Gasteiger partial charge is 0.346 e. The third-order valence-corrected chi connectivity index (χ3v) is 6.05. The van der Waals surface area contributed by atoms with Gasteiger partial charge in [-0.2, -0.15) is 0 Å². The number of amides is 1. The maximum atomic E-state index is 12.4. The first-order valence-electron chi connectivity index (χ1n) is 8.18. The van der Waals surface area contributed by atoms with Crippen LogP contribution >= 0.6 is 22.9 Å². The minimum absolute atomic E-state index is 0.105. The van der Waals surface area contributed by atoms with Crippen molar-refractivity contribution in [1.82, 2.24) is 0 Å². The van der Waals surface area contributed by atoms with Crippen LogP contribution in [-0.4, -0.2) is 22.1 Å². The summed E-state index contributed by atoms with van der Waals surface area (Å²) < 4.78 is 0. The number of carboxylic acid groups (broad SMARTS) is 1. The number of hydrogen-bond donors (Lipinski definition) is 3. The van der Waals surface area contributed by atoms with Crippen molar-refractivity contribution in [3.05, 3.63) is 68.9 Å². The molecule has 0 spiro atoms. The minimum Gasteiger partial charge on any atom is -0.508 e. The van der Waals surface area contributed by atoms with Gasteiger partial charge in [-0.25, -0.2) is 4.79 Å². The van der Waals surface area contributed by atoms with Gasteiger partial charge in [0.1, 0.15) is 10.6 Å². The first kappa shape index (κ1) is 17.6. The van der Waals surface area contributed by atoms with Gasteiger partial charge in [-0.15, -0.1) is 11.3 Å². The third-order valence-electron chi connectivity index (χ3n) is 4.51. The Morgan fingerprint density at radius 3 is 2.59 bits per heavy atom. The van der Waals surface area contributed by atoms with Crippen molar-refractivity contribution in [3.8, 4) is 16.9 Å². The molecule has 1 aliphatic heterocycles. The maximum absolute atomic E-state index is 12.4. The average molecular weight is 400 g/mol. The SMILES string of the molecule is O=C1C[C@H](c2cccc(O)c2)c2sc(C(=O)O)c(-c3ccc(Cl)cc3)c2N1. The second-order valence-electron chi connectivity index (χ2n) is 6.26. The van der Waals surface area contributed by atoms with Gasteiger partial charge < -0.3 is 15.5 Å². The van der Waals surface area contributed by atoms with E-state index in [9.17, 15) is 19.8 Å². The number of fused-ring (bicyclic) bond motifs is 1. The van der Waals surface area contributed by atoms with Gasteiger partial charge in [0, 0.05) is 27.8 Å². The van der Waals surface area contributed by atoms with E-state index in [1.54, 1.807) is 42.5 Å². The molecule has 0 radical (unpaired) electrons. The first-order valence-corrected chi connectivity index (χ1v) is 9.38. The van der Waals surface area contributed by atoms with Crippen molar-refractivity contribution in [1.29, 1.82) is 0 Å². The van der Waals surface area contributed by atoms with Crippen molar-refractivity contribution >= 4 is 40.5 Å². The molecule has 7 heteroatoms. The van der Waals surface area contributed by atoms with Gasteiger partial charge in [-0.1, -0.05) is 35.9 Å². The van der Waals surface area contributed by atoms with Crippen LogP contribution in [0.4, 0.5) is 5.69 Å². The number of carbonyl (C=O) groups is 2. The van der Waals surface area contributed by atoms with Crippen LogP contribution in [0, 0.1) is 0 Å². The number of aromatic carboxylic acids is 1. The topological polar surface area (TPSA) is 86.6 Å². The zero-order valence-electron chi connectivity index (χ0n) is 13.9. The van der Waals surface area contributed by atoms with Gasteiger partial charge >= 0.3 is 5.97 Å². The molecule has 0 unspecified atom stereocenters. The molecular formula is C20H14ClNO4S. The van der Waals surface area contributed by atoms with Crippen molar-refractivity contribution in [2.24, 2.45) is 0 Å². The number of rotatable bonds is 3. The van der Waals surface area contributed by atoms with Gasteiger partial charge in [0.25, 0.3) is 0 Å². The highest BCUT2D eigenvalue weighted by Gasteiger charge is 2.34. The summed E-state index contributed by atoms with van der Waals surface area (Å²) in [6.07, 6.45) is 0.191. The Morgan fingerprint density at radius 2 is 1.93 bits per heavy atom. The number of thiophene rings is 1. The lowest BCUT2D eigenvalue weighted by molar-refractivity contribution is -0.116. The number of hydrogen-bond acceptors (Lipinski definition) is 4. The fourth-order valence-corrected chi connectivity index (χ4v) is 4.71. The quantitative estimate of drug-likeness (QED) is 0.581. The summed E-state index contributed by atoms with van der Waals surface area (Å²) >= 11 is 7.10. The van der Waals surface area contributed by atoms with E-state index in [1.165, 1.54) is 0 Å². The molecule has 5 nitrogen and oxygen atoms in total. The number of nitrogens with one attached hydrogen (secondary N) is 1. The van der Waals surface area contributed by atoms with Gasteiger partial charge in [0.2, 0.25) is 5.91 Å². The summed E-state index contributed by atoms with van der Waals surface area (Å²) in [6, 6.07) is 13.5. The summed E-state index contributed by atoms with van der Waals surface area (Å²) in [5.74, 6) is -1.46. The van der Waals surface area contributed by atoms with E-state index in [2.05, 4.69) is 5.32 Å². The summed E-state index contributed by atoms with van der Waals surface area (Å²) in [6.45, 7) is 0. The van der Waals surface area contributed by atoms with E-state index in [4.69, 9.17) is 11.6 Å². The Bertz CT molecular complexity index is 1060. The molecule has 3 aromatic rings. The predicted octanol–water partition coefficient (Wildman–Crippen LogP) is 4.95. The number of anilines is 1. The van der Waals surface area contributed by atoms with Crippen molar-refractivity contribution in [3.63, 3.8) is 0 Å². The molecule has 2 heterocycles. The van der Waals surface area contributed by atoms with Crippen LogP contribution in [0.5, 0.6) is 5.75 Å². The summed E-state index contributed by atoms with van der Waals surface area (Å²) in [5, 5.41) is 22.9. The Morgan fingerprint density at radius 1 is 1.19 bits per heavy atom. The van der Waals surface area contributed by atoms with Gasteiger partial charge in [0.05, 0.1) is 5.69 Å². The molecule has 1 aromatic heterocycles. The van der Waals surface area contributed by atoms with Crippen LogP contribution in [0.1, 0.15) is 32.5 Å². The number of aromatic hydroxyl groups is 1. The Kier molecular flexibility index (Phi) is 4.37. The lowest BCUT2D eigenvalue weighted by Gasteiger charge is -2.24. The highest BCUT2D eigenvalue weighted by molar-refractivity contribution is 7.15. The number of benzene rings is 2. The molecule has 1 aliphatic rings. The second-order valence-corrected chi connectivity index (χ2v) is 7.75. The average Bonchev–Trinajstić information content (AvgIpc) is 3.01. The van der Waals surface area contributed by atoms with E-state index >= 15 is 0 Å². The number of phenols is 1. The predicted molar refractivity (Wildman–Crippen MR) is 105 cm³/mol. The number of carbonyl (C=O) groups excluding carboxylic acids is 1. The molecule has 0 saturated heterocycles. The molecule has 0 bridgehead atoms. The largest absolute Gasteiger partial charge is 0.508 e. The number of carboxylic acids is 1. The molecule has 0 aliphatic carbocycles. The Hall–Kier alpha value is -2.83. The van der Waals surface area contributed by atoms with E-state index in [0.717, 1.165) is 21.8 Å². The van der Waals surface area contributed by atoms with Crippen LogP contribution in [0.15, 0.2) is 48.5 Å². The fourth-order valence-electron chi connectivity index (χ4n) is 3.34. The summed E-state index contributed by atoms with van der Waals surface area (Å²) in [7, 11) is 0. The third kappa shape index (κ3) is 3.18. The molecule has 2 aromatic carbocycles. The van der Waals surface area contributed by atoms with Gasteiger partial charge in [-0.05, 0) is 35.4 Å². The molecule has 3 N–H and O–H groups in total. The normalized spacial score (nSPS) is 15.9. The van der Waals surface area contributed by atoms with E-state index < -0.39 is 5.97 Å². The molecule has 1 atom stereocenters. The molecule has 0 saturated carbocycles. The molecule has 136 valence electrons. The van der Waals surface area contributed by atoms with Gasteiger partial charge in [-0.3, -0.25) is 4.79 Å². The lowest BCUT2D eigenvalue weighted by Crippen LogP contribution is -2.22. The fraction of sp³-hybridized carbons (Fsp3) is 0.100. The zero-order chi connectivity index (χ0) is 19.1. The standard InChI is InChI=1S/C20H14ClNO4S/c21-12-6-4-10(5-7-12)16-17-18(27-19(16)20(25)26)14(9-15(24)22-17)11-2-1-3-13(23)8-11/h1-8,14,23H,9H2,(H,22,24)(H,25,26)/t14-/m1/s1. The Labute approximate surface area is 163 Å². The number of halogens is 1. The minimum atomic E-state index is -1.05. The van der Waals surface area contributed by atoms with Crippen LogP contribution in [0.3, 0.4) is 0 Å². The van der Waals surface area contributed by atoms with E-state index in [1.807, 2.05) is 6.07 Å². The molecule has 4 rings (SSSR count). The van der Waals surface area contributed by atoms with E-state index in [0.29, 0.717) is 21.8 Å². The first-order chi connectivity index (χ1) is 12.9. The van der Waals surface area contributed by atoms with E-state index in [-0.39, 0.29) is 28.9 Å². The second kappa shape index (κ2) is 6.72. The zero-order valence-corrected chi connectivity index (χ0v) is 15.5. The summed E-state index contributed by atoms with van der Waals surface area (Å²) in [4.78, 5) is 25.2. The van der Waals surface area contributed by atoms with Gasteiger partial charge in [0.15, 0.2) is 0 Å². The van der Waals surface area contributed by atoms with Crippen LogP contribution in [-0.2, 0) is 4.79 Å².